The van der Waals surface area contributed by atoms with E-state index >= 15 is 0 Å². The molecule has 0 aliphatic rings. The van der Waals surface area contributed by atoms with E-state index in [0.29, 0.717) is 11.1 Å². The summed E-state index contributed by atoms with van der Waals surface area (Å²) in [6, 6.07) is 2.70. The van der Waals surface area contributed by atoms with Gasteiger partial charge in [-0.15, -0.1) is 0 Å². The number of benzene rings is 1. The second-order valence-corrected chi connectivity index (χ2v) is 6.51. The van der Waals surface area contributed by atoms with Crippen LogP contribution in [0.25, 0.3) is 0 Å². The molecular formula is C12H13ClO4S. The maximum atomic E-state index is 12.0. The van der Waals surface area contributed by atoms with Crippen molar-refractivity contribution in [3.8, 4) is 0 Å². The SMILES string of the molecule is C=C(Cl)CS(=O)(=O)c1cc(C(=O)O)c(C)cc1C. The molecule has 0 aliphatic carbocycles. The third kappa shape index (κ3) is 3.11. The van der Waals surface area contributed by atoms with E-state index in [4.69, 9.17) is 16.7 Å². The largest absolute Gasteiger partial charge is 0.478 e. The molecule has 1 aromatic rings. The molecule has 0 fully saturated rings. The minimum atomic E-state index is -3.66. The highest BCUT2D eigenvalue weighted by atomic mass is 35.5. The summed E-state index contributed by atoms with van der Waals surface area (Å²) in [5.74, 6) is -1.56. The lowest BCUT2D eigenvalue weighted by Crippen LogP contribution is -2.11. The lowest BCUT2D eigenvalue weighted by atomic mass is 10.1. The second-order valence-electron chi connectivity index (χ2n) is 4.01. The normalized spacial score (nSPS) is 11.3. The van der Waals surface area contributed by atoms with Gasteiger partial charge in [-0.25, -0.2) is 13.2 Å². The van der Waals surface area contributed by atoms with Crippen LogP contribution in [0.1, 0.15) is 21.5 Å². The highest BCUT2D eigenvalue weighted by molar-refractivity contribution is 7.91. The summed E-state index contributed by atoms with van der Waals surface area (Å²) in [4.78, 5) is 11.0. The number of sulfone groups is 1. The number of aryl methyl sites for hydroxylation is 2. The van der Waals surface area contributed by atoms with Crippen molar-refractivity contribution >= 4 is 27.4 Å². The smallest absolute Gasteiger partial charge is 0.335 e. The quantitative estimate of drug-likeness (QED) is 0.924. The van der Waals surface area contributed by atoms with E-state index in [1.54, 1.807) is 13.8 Å². The summed E-state index contributed by atoms with van der Waals surface area (Å²) in [5.41, 5.74) is 0.985. The summed E-state index contributed by atoms with van der Waals surface area (Å²) in [5, 5.41) is 8.98. The van der Waals surface area contributed by atoms with Gasteiger partial charge in [0, 0.05) is 5.03 Å². The van der Waals surface area contributed by atoms with Gasteiger partial charge in [-0.05, 0) is 31.0 Å². The lowest BCUT2D eigenvalue weighted by Gasteiger charge is -2.10. The van der Waals surface area contributed by atoms with Crippen LogP contribution in [0.5, 0.6) is 0 Å². The number of carboxylic acid groups (broad SMARTS) is 1. The molecule has 0 radical (unpaired) electrons. The molecule has 0 saturated heterocycles. The van der Waals surface area contributed by atoms with Gasteiger partial charge < -0.3 is 5.11 Å². The van der Waals surface area contributed by atoms with E-state index in [9.17, 15) is 13.2 Å². The number of carboxylic acids is 1. The van der Waals surface area contributed by atoms with Gasteiger partial charge in [-0.1, -0.05) is 24.2 Å². The topological polar surface area (TPSA) is 71.4 Å². The molecule has 0 spiro atoms. The molecule has 0 amide bonds. The summed E-state index contributed by atoms with van der Waals surface area (Å²) >= 11 is 5.51. The molecule has 0 aliphatic heterocycles. The number of hydrogen-bond acceptors (Lipinski definition) is 3. The summed E-state index contributed by atoms with van der Waals surface area (Å²) in [6.07, 6.45) is 0. The van der Waals surface area contributed by atoms with Crippen molar-refractivity contribution in [2.75, 3.05) is 5.75 Å². The molecule has 98 valence electrons. The van der Waals surface area contributed by atoms with E-state index < -0.39 is 21.6 Å². The number of carbonyl (C=O) groups is 1. The Kier molecular flexibility index (Phi) is 4.19. The van der Waals surface area contributed by atoms with E-state index in [1.165, 1.54) is 12.1 Å². The first kappa shape index (κ1) is 14.7. The minimum absolute atomic E-state index is 0.00755. The van der Waals surface area contributed by atoms with Gasteiger partial charge in [0.05, 0.1) is 16.2 Å². The number of aromatic carboxylic acids is 1. The van der Waals surface area contributed by atoms with E-state index in [-0.39, 0.29) is 15.5 Å². The second kappa shape index (κ2) is 5.12. The standard InChI is InChI=1S/C12H13ClO4S/c1-7-4-8(2)11(5-10(7)12(14)15)18(16,17)6-9(3)13/h4-5H,3,6H2,1-2H3,(H,14,15). The van der Waals surface area contributed by atoms with Crippen molar-refractivity contribution in [1.82, 2.24) is 0 Å². The van der Waals surface area contributed by atoms with Crippen LogP contribution in [0, 0.1) is 13.8 Å². The third-order valence-electron chi connectivity index (χ3n) is 2.43. The monoisotopic (exact) mass is 288 g/mol. The van der Waals surface area contributed by atoms with Gasteiger partial charge >= 0.3 is 5.97 Å². The fourth-order valence-electron chi connectivity index (χ4n) is 1.68. The van der Waals surface area contributed by atoms with Crippen molar-refractivity contribution in [3.05, 3.63) is 40.4 Å². The predicted molar refractivity (Wildman–Crippen MR) is 69.9 cm³/mol. The Hall–Kier alpha value is -1.33. The fourth-order valence-corrected chi connectivity index (χ4v) is 3.53. The Morgan fingerprint density at radius 2 is 1.89 bits per heavy atom. The molecule has 0 bridgehead atoms. The van der Waals surface area contributed by atoms with Gasteiger partial charge in [0.1, 0.15) is 0 Å². The third-order valence-corrected chi connectivity index (χ3v) is 4.56. The minimum Gasteiger partial charge on any atom is -0.478 e. The first-order chi connectivity index (χ1) is 8.15. The van der Waals surface area contributed by atoms with Gasteiger partial charge in [-0.3, -0.25) is 0 Å². The Labute approximate surface area is 111 Å². The highest BCUT2D eigenvalue weighted by Gasteiger charge is 2.21. The van der Waals surface area contributed by atoms with Gasteiger partial charge in [-0.2, -0.15) is 0 Å². The first-order valence-corrected chi connectivity index (χ1v) is 7.08. The van der Waals surface area contributed by atoms with Crippen molar-refractivity contribution < 1.29 is 18.3 Å². The molecular weight excluding hydrogens is 276 g/mol. The molecule has 0 unspecified atom stereocenters. The number of rotatable bonds is 4. The molecule has 6 heteroatoms. The van der Waals surface area contributed by atoms with Crippen LogP contribution < -0.4 is 0 Å². The molecule has 0 atom stereocenters. The van der Waals surface area contributed by atoms with Crippen LogP contribution in [0.15, 0.2) is 28.6 Å². The van der Waals surface area contributed by atoms with E-state index in [0.717, 1.165) is 0 Å². The van der Waals surface area contributed by atoms with E-state index in [1.807, 2.05) is 0 Å². The molecule has 1 N–H and O–H groups in total. The zero-order valence-electron chi connectivity index (χ0n) is 10.0. The van der Waals surface area contributed by atoms with Crippen LogP contribution in [0.3, 0.4) is 0 Å². The van der Waals surface area contributed by atoms with Crippen molar-refractivity contribution in [2.45, 2.75) is 18.7 Å². The molecule has 0 aromatic heterocycles. The maximum absolute atomic E-state index is 12.0. The van der Waals surface area contributed by atoms with E-state index in [2.05, 4.69) is 6.58 Å². The highest BCUT2D eigenvalue weighted by Crippen LogP contribution is 2.23. The maximum Gasteiger partial charge on any atom is 0.335 e. The Bertz CT molecular complexity index is 617. The van der Waals surface area contributed by atoms with Gasteiger partial charge in [0.2, 0.25) is 0 Å². The van der Waals surface area contributed by atoms with Crippen LogP contribution in [-0.2, 0) is 9.84 Å². The van der Waals surface area contributed by atoms with Gasteiger partial charge in [0.15, 0.2) is 9.84 Å². The Morgan fingerprint density at radius 1 is 1.33 bits per heavy atom. The Balaban J connectivity index is 3.46. The lowest BCUT2D eigenvalue weighted by molar-refractivity contribution is 0.0696. The van der Waals surface area contributed by atoms with Crippen molar-refractivity contribution in [2.24, 2.45) is 0 Å². The van der Waals surface area contributed by atoms with Crippen molar-refractivity contribution in [1.29, 1.82) is 0 Å². The summed E-state index contributed by atoms with van der Waals surface area (Å²) < 4.78 is 24.0. The summed E-state index contributed by atoms with van der Waals surface area (Å²) in [7, 11) is -3.66. The fraction of sp³-hybridized carbons (Fsp3) is 0.250. The average Bonchev–Trinajstić information content (AvgIpc) is 2.13. The molecule has 1 aromatic carbocycles. The van der Waals surface area contributed by atoms with Crippen LogP contribution >= 0.6 is 11.6 Å². The van der Waals surface area contributed by atoms with Crippen LogP contribution in [0.4, 0.5) is 0 Å². The van der Waals surface area contributed by atoms with Crippen LogP contribution in [-0.4, -0.2) is 25.2 Å². The summed E-state index contributed by atoms with van der Waals surface area (Å²) in [6.45, 7) is 6.57. The predicted octanol–water partition coefficient (Wildman–Crippen LogP) is 2.53. The molecule has 18 heavy (non-hydrogen) atoms. The zero-order valence-corrected chi connectivity index (χ0v) is 11.6. The molecule has 0 saturated carbocycles. The van der Waals surface area contributed by atoms with Crippen LogP contribution in [0.2, 0.25) is 0 Å². The molecule has 0 heterocycles. The number of hydrogen-bond donors (Lipinski definition) is 1. The Morgan fingerprint density at radius 3 is 2.33 bits per heavy atom. The van der Waals surface area contributed by atoms with Gasteiger partial charge in [0.25, 0.3) is 0 Å². The number of halogens is 1. The molecule has 4 nitrogen and oxygen atoms in total. The zero-order chi connectivity index (χ0) is 14.1. The average molecular weight is 289 g/mol. The molecule has 1 rings (SSSR count). The first-order valence-electron chi connectivity index (χ1n) is 5.05. The van der Waals surface area contributed by atoms with Crippen molar-refractivity contribution in [3.63, 3.8) is 0 Å².